The maximum absolute atomic E-state index is 11.9. The SMILES string of the molecule is CCO[P+]1([O-])OC[C@@H]2CCCN21. The Kier molecular flexibility index (Phi) is 2.36. The van der Waals surface area contributed by atoms with Crippen LogP contribution in [0.15, 0.2) is 0 Å². The number of nitrogens with zero attached hydrogens (tertiary/aromatic N) is 1. The van der Waals surface area contributed by atoms with Gasteiger partial charge in [-0.2, -0.15) is 9.05 Å². The van der Waals surface area contributed by atoms with Crippen molar-refractivity contribution in [3.63, 3.8) is 0 Å². The molecule has 4 nitrogen and oxygen atoms in total. The van der Waals surface area contributed by atoms with Crippen LogP contribution in [0.3, 0.4) is 0 Å². The molecule has 2 saturated heterocycles. The van der Waals surface area contributed by atoms with E-state index >= 15 is 0 Å². The van der Waals surface area contributed by atoms with Gasteiger partial charge in [0.2, 0.25) is 0 Å². The van der Waals surface area contributed by atoms with E-state index in [1.165, 1.54) is 0 Å². The van der Waals surface area contributed by atoms with Crippen molar-refractivity contribution >= 4 is 8.09 Å². The topological polar surface area (TPSA) is 44.8 Å². The molecule has 12 heavy (non-hydrogen) atoms. The molecule has 1 unspecified atom stereocenters. The summed E-state index contributed by atoms with van der Waals surface area (Å²) in [6.07, 6.45) is 2.21. The van der Waals surface area contributed by atoms with Crippen molar-refractivity contribution in [3.8, 4) is 0 Å². The maximum Gasteiger partial charge on any atom is 0.315 e. The summed E-state index contributed by atoms with van der Waals surface area (Å²) in [6, 6.07) is 0.349. The highest BCUT2D eigenvalue weighted by atomic mass is 31.2. The summed E-state index contributed by atoms with van der Waals surface area (Å²) in [5, 5.41) is 0. The van der Waals surface area contributed by atoms with Gasteiger partial charge in [0.25, 0.3) is 0 Å². The molecule has 0 aromatic heterocycles. The minimum atomic E-state index is -2.84. The average molecular weight is 191 g/mol. The lowest BCUT2D eigenvalue weighted by molar-refractivity contribution is -0.225. The molecule has 0 aromatic carbocycles. The molecule has 0 bridgehead atoms. The molecule has 5 heteroatoms. The normalized spacial score (nSPS) is 42.0. The minimum absolute atomic E-state index is 0.349. The highest BCUT2D eigenvalue weighted by Crippen LogP contribution is 2.63. The van der Waals surface area contributed by atoms with Crippen molar-refractivity contribution in [2.24, 2.45) is 0 Å². The Labute approximate surface area is 73.1 Å². The lowest BCUT2D eigenvalue weighted by atomic mass is 10.2. The summed E-state index contributed by atoms with van der Waals surface area (Å²) in [5.41, 5.74) is 0. The van der Waals surface area contributed by atoms with Gasteiger partial charge < -0.3 is 4.89 Å². The number of fused-ring (bicyclic) bond motifs is 1. The Bertz CT molecular complexity index is 176. The van der Waals surface area contributed by atoms with Crippen LogP contribution in [-0.4, -0.2) is 30.5 Å². The molecular formula is C7H14NO3P. The lowest BCUT2D eigenvalue weighted by Crippen LogP contribution is -2.30. The Balaban J connectivity index is 2.06. The molecule has 2 aliphatic heterocycles. The van der Waals surface area contributed by atoms with Crippen LogP contribution >= 0.6 is 8.09 Å². The van der Waals surface area contributed by atoms with Gasteiger partial charge in [0.05, 0.1) is 12.6 Å². The number of hydrogen-bond donors (Lipinski definition) is 0. The van der Waals surface area contributed by atoms with Crippen molar-refractivity contribution in [1.29, 1.82) is 0 Å². The predicted molar refractivity (Wildman–Crippen MR) is 44.2 cm³/mol. The van der Waals surface area contributed by atoms with E-state index in [-0.39, 0.29) is 0 Å². The molecule has 2 atom stereocenters. The van der Waals surface area contributed by atoms with Gasteiger partial charge in [-0.3, -0.25) is 0 Å². The molecule has 2 aliphatic rings. The summed E-state index contributed by atoms with van der Waals surface area (Å²) in [5.74, 6) is 0. The number of rotatable bonds is 2. The summed E-state index contributed by atoms with van der Waals surface area (Å²) in [6.45, 7) is 3.74. The van der Waals surface area contributed by atoms with Crippen LogP contribution in [0.25, 0.3) is 0 Å². The largest absolute Gasteiger partial charge is 0.616 e. The fourth-order valence-electron chi connectivity index (χ4n) is 1.84. The van der Waals surface area contributed by atoms with Crippen LogP contribution in [0, 0.1) is 0 Å². The number of hydrogen-bond acceptors (Lipinski definition) is 4. The molecule has 2 rings (SSSR count). The Morgan fingerprint density at radius 3 is 3.33 bits per heavy atom. The fraction of sp³-hybridized carbons (Fsp3) is 1.00. The zero-order valence-corrected chi connectivity index (χ0v) is 8.13. The molecule has 0 aliphatic carbocycles. The highest BCUT2D eigenvalue weighted by Gasteiger charge is 2.52. The standard InChI is InChI=1S/C7H14NO3P/c1-2-10-12(9)8-5-3-4-7(8)6-11-12/h7H,2-6H2,1H3/t7-,12?/m0/s1. The van der Waals surface area contributed by atoms with Crippen LogP contribution in [0.1, 0.15) is 19.8 Å². The summed E-state index contributed by atoms with van der Waals surface area (Å²) in [7, 11) is -2.84. The van der Waals surface area contributed by atoms with E-state index in [1.807, 2.05) is 11.6 Å². The average Bonchev–Trinajstić information content (AvgIpc) is 2.57. The van der Waals surface area contributed by atoms with E-state index in [2.05, 4.69) is 0 Å². The van der Waals surface area contributed by atoms with Crippen LogP contribution < -0.4 is 4.89 Å². The maximum atomic E-state index is 11.9. The van der Waals surface area contributed by atoms with Crippen LogP contribution in [-0.2, 0) is 9.05 Å². The summed E-state index contributed by atoms with van der Waals surface area (Å²) in [4.78, 5) is 11.9. The van der Waals surface area contributed by atoms with Crippen molar-refractivity contribution in [2.75, 3.05) is 19.8 Å². The highest BCUT2D eigenvalue weighted by molar-refractivity contribution is 7.56. The molecule has 0 amide bonds. The van der Waals surface area contributed by atoms with E-state index < -0.39 is 8.09 Å². The second-order valence-electron chi connectivity index (χ2n) is 3.14. The summed E-state index contributed by atoms with van der Waals surface area (Å²) >= 11 is 0. The van der Waals surface area contributed by atoms with Gasteiger partial charge in [-0.15, -0.1) is 4.67 Å². The lowest BCUT2D eigenvalue weighted by Gasteiger charge is -2.27. The molecule has 2 fully saturated rings. The van der Waals surface area contributed by atoms with E-state index in [4.69, 9.17) is 9.05 Å². The van der Waals surface area contributed by atoms with Gasteiger partial charge in [-0.05, 0) is 19.8 Å². The zero-order chi connectivity index (χ0) is 8.60. The third-order valence-corrected chi connectivity index (χ3v) is 4.60. The minimum Gasteiger partial charge on any atom is -0.616 e. The van der Waals surface area contributed by atoms with Gasteiger partial charge in [0.1, 0.15) is 6.61 Å². The summed E-state index contributed by atoms with van der Waals surface area (Å²) < 4.78 is 12.3. The van der Waals surface area contributed by atoms with Crippen molar-refractivity contribution in [2.45, 2.75) is 25.8 Å². The van der Waals surface area contributed by atoms with E-state index in [9.17, 15) is 4.89 Å². The van der Waals surface area contributed by atoms with Gasteiger partial charge >= 0.3 is 8.09 Å². The van der Waals surface area contributed by atoms with Crippen LogP contribution in [0.4, 0.5) is 0 Å². The van der Waals surface area contributed by atoms with Gasteiger partial charge in [0, 0.05) is 6.54 Å². The van der Waals surface area contributed by atoms with Crippen molar-refractivity contribution < 1.29 is 13.9 Å². The molecule has 2 heterocycles. The Morgan fingerprint density at radius 2 is 2.58 bits per heavy atom. The molecule has 0 spiro atoms. The third kappa shape index (κ3) is 1.28. The molecule has 70 valence electrons. The van der Waals surface area contributed by atoms with Gasteiger partial charge in [-0.1, -0.05) is 0 Å². The molecular weight excluding hydrogens is 177 g/mol. The smallest absolute Gasteiger partial charge is 0.315 e. The Morgan fingerprint density at radius 1 is 1.75 bits per heavy atom. The second-order valence-corrected chi connectivity index (χ2v) is 5.11. The fourth-order valence-corrected chi connectivity index (χ4v) is 3.87. The molecule has 0 aromatic rings. The molecule has 0 radical (unpaired) electrons. The van der Waals surface area contributed by atoms with E-state index in [0.717, 1.165) is 19.4 Å². The quantitative estimate of drug-likeness (QED) is 0.598. The third-order valence-electron chi connectivity index (χ3n) is 2.38. The monoisotopic (exact) mass is 191 g/mol. The zero-order valence-electron chi connectivity index (χ0n) is 7.23. The van der Waals surface area contributed by atoms with E-state index in [1.54, 1.807) is 0 Å². The van der Waals surface area contributed by atoms with E-state index in [0.29, 0.717) is 19.3 Å². The van der Waals surface area contributed by atoms with Crippen molar-refractivity contribution in [1.82, 2.24) is 4.67 Å². The molecule has 0 saturated carbocycles. The second kappa shape index (κ2) is 3.20. The first-order valence-corrected chi connectivity index (χ1v) is 5.92. The van der Waals surface area contributed by atoms with Crippen molar-refractivity contribution in [3.05, 3.63) is 0 Å². The first kappa shape index (κ1) is 8.85. The first-order valence-electron chi connectivity index (χ1n) is 4.42. The molecule has 0 N–H and O–H groups in total. The Hall–Kier alpha value is 0.270. The van der Waals surface area contributed by atoms with Crippen LogP contribution in [0.5, 0.6) is 0 Å². The predicted octanol–water partition coefficient (Wildman–Crippen LogP) is 0.555. The van der Waals surface area contributed by atoms with Gasteiger partial charge in [-0.25, -0.2) is 0 Å². The van der Waals surface area contributed by atoms with Gasteiger partial charge in [0.15, 0.2) is 0 Å². The van der Waals surface area contributed by atoms with Crippen LogP contribution in [0.2, 0.25) is 0 Å². The first-order chi connectivity index (χ1) is 5.76.